The van der Waals surface area contributed by atoms with Crippen LogP contribution < -0.4 is 9.62 Å². The maximum atomic E-state index is 14.3. The molecule has 0 aromatic heterocycles. The molecular weight excluding hydrogens is 363 g/mol. The van der Waals surface area contributed by atoms with Crippen molar-refractivity contribution in [3.05, 3.63) is 64.3 Å². The molecule has 0 saturated carbocycles. The fourth-order valence-corrected chi connectivity index (χ4v) is 3.71. The molecule has 0 bridgehead atoms. The predicted molar refractivity (Wildman–Crippen MR) is 101 cm³/mol. The molecule has 0 aliphatic carbocycles. The minimum absolute atomic E-state index is 0.196. The van der Waals surface area contributed by atoms with Gasteiger partial charge in [-0.2, -0.15) is 0 Å². The van der Waals surface area contributed by atoms with Crippen molar-refractivity contribution in [2.45, 2.75) is 12.8 Å². The molecule has 25 heavy (non-hydrogen) atoms. The molecule has 0 atom stereocenters. The fraction of sp³-hybridized carbons (Fsp3) is 0.222. The smallest absolute Gasteiger partial charge is 0.255 e. The third kappa shape index (κ3) is 4.74. The van der Waals surface area contributed by atoms with Crippen LogP contribution in [-0.4, -0.2) is 21.5 Å². The summed E-state index contributed by atoms with van der Waals surface area (Å²) in [5.41, 5.74) is 1.41. The van der Waals surface area contributed by atoms with Crippen LogP contribution in [0, 0.1) is 5.82 Å². The van der Waals surface area contributed by atoms with E-state index in [1.807, 2.05) is 4.90 Å². The largest absolute Gasteiger partial charge is 0.369 e. The van der Waals surface area contributed by atoms with Crippen molar-refractivity contribution in [2.75, 3.05) is 22.7 Å². The molecule has 0 unspecified atom stereocenters. The summed E-state index contributed by atoms with van der Waals surface area (Å²) in [7, 11) is -3.74. The van der Waals surface area contributed by atoms with E-state index in [2.05, 4.69) is 4.72 Å². The molecule has 1 aliphatic rings. The van der Waals surface area contributed by atoms with Crippen LogP contribution in [0.1, 0.15) is 18.4 Å². The Hall–Kier alpha value is -2.05. The van der Waals surface area contributed by atoms with E-state index in [1.54, 1.807) is 36.4 Å². The Morgan fingerprint density at radius 1 is 1.08 bits per heavy atom. The second-order valence-corrected chi connectivity index (χ2v) is 7.86. The Kier molecular flexibility index (Phi) is 5.30. The van der Waals surface area contributed by atoms with Gasteiger partial charge in [0.15, 0.2) is 0 Å². The van der Waals surface area contributed by atoms with E-state index < -0.39 is 15.8 Å². The van der Waals surface area contributed by atoms with Crippen LogP contribution in [0.2, 0.25) is 5.02 Å². The number of nitrogens with one attached hydrogen (secondary N) is 1. The Balaban J connectivity index is 1.72. The van der Waals surface area contributed by atoms with E-state index in [4.69, 9.17) is 11.6 Å². The first kappa shape index (κ1) is 17.8. The summed E-state index contributed by atoms with van der Waals surface area (Å²) in [6.45, 7) is 1.65. The number of halogens is 2. The average molecular weight is 381 g/mol. The van der Waals surface area contributed by atoms with Gasteiger partial charge in [-0.25, -0.2) is 12.8 Å². The van der Waals surface area contributed by atoms with Crippen LogP contribution >= 0.6 is 11.6 Å². The predicted octanol–water partition coefficient (Wildman–Crippen LogP) is 4.49. The fourth-order valence-electron chi connectivity index (χ4n) is 2.73. The van der Waals surface area contributed by atoms with Crippen molar-refractivity contribution in [3.63, 3.8) is 0 Å². The van der Waals surface area contributed by atoms with Crippen LogP contribution in [0.4, 0.5) is 15.8 Å². The second kappa shape index (κ2) is 7.45. The van der Waals surface area contributed by atoms with E-state index in [0.717, 1.165) is 31.3 Å². The summed E-state index contributed by atoms with van der Waals surface area (Å²) in [6.07, 6.45) is 3.54. The Labute approximate surface area is 152 Å². The van der Waals surface area contributed by atoms with Crippen molar-refractivity contribution in [3.8, 4) is 0 Å². The number of hydrogen-bond acceptors (Lipinski definition) is 3. The summed E-state index contributed by atoms with van der Waals surface area (Å²) in [5, 5.41) is 1.62. The highest BCUT2D eigenvalue weighted by Gasteiger charge is 2.17. The molecule has 3 rings (SSSR count). The van der Waals surface area contributed by atoms with E-state index in [9.17, 15) is 12.8 Å². The molecule has 132 valence electrons. The van der Waals surface area contributed by atoms with Crippen molar-refractivity contribution in [2.24, 2.45) is 0 Å². The minimum atomic E-state index is -3.74. The van der Waals surface area contributed by atoms with Gasteiger partial charge in [0.2, 0.25) is 0 Å². The average Bonchev–Trinajstić information content (AvgIpc) is 3.08. The van der Waals surface area contributed by atoms with Gasteiger partial charge >= 0.3 is 0 Å². The maximum absolute atomic E-state index is 14.3. The minimum Gasteiger partial charge on any atom is -0.369 e. The number of benzene rings is 2. The SMILES string of the molecule is O=S(=O)(/C=C/c1ccc(Cl)cc1)Nc1ccc(N2CCCC2)c(F)c1. The molecule has 2 aromatic carbocycles. The molecule has 1 aliphatic heterocycles. The van der Waals surface area contributed by atoms with Crippen molar-refractivity contribution < 1.29 is 12.8 Å². The van der Waals surface area contributed by atoms with E-state index in [0.29, 0.717) is 16.3 Å². The topological polar surface area (TPSA) is 49.4 Å². The maximum Gasteiger partial charge on any atom is 0.255 e. The Morgan fingerprint density at radius 3 is 2.40 bits per heavy atom. The molecule has 4 nitrogen and oxygen atoms in total. The number of anilines is 2. The van der Waals surface area contributed by atoms with Crippen LogP contribution in [0.25, 0.3) is 6.08 Å². The van der Waals surface area contributed by atoms with E-state index in [1.165, 1.54) is 12.1 Å². The lowest BCUT2D eigenvalue weighted by atomic mass is 10.2. The van der Waals surface area contributed by atoms with Gasteiger partial charge in [-0.05, 0) is 48.7 Å². The molecule has 0 spiro atoms. The zero-order valence-corrected chi connectivity index (χ0v) is 15.0. The lowest BCUT2D eigenvalue weighted by molar-refractivity contribution is 0.609. The van der Waals surface area contributed by atoms with Gasteiger partial charge in [0.1, 0.15) is 5.82 Å². The number of nitrogens with zero attached hydrogens (tertiary/aromatic N) is 1. The summed E-state index contributed by atoms with van der Waals surface area (Å²) in [4.78, 5) is 1.97. The summed E-state index contributed by atoms with van der Waals surface area (Å²) < 4.78 is 40.9. The standard InChI is InChI=1S/C18H18ClFN2O2S/c19-15-5-3-14(4-6-15)9-12-25(23,24)21-16-7-8-18(17(20)13-16)22-10-1-2-11-22/h3-9,12-13,21H,1-2,10-11H2/b12-9+. The van der Waals surface area contributed by atoms with Crippen molar-refractivity contribution >= 4 is 39.1 Å². The van der Waals surface area contributed by atoms with Gasteiger partial charge in [0, 0.05) is 24.2 Å². The molecule has 1 fully saturated rings. The molecule has 1 heterocycles. The van der Waals surface area contributed by atoms with Crippen LogP contribution in [-0.2, 0) is 10.0 Å². The summed E-state index contributed by atoms with van der Waals surface area (Å²) >= 11 is 5.79. The molecule has 1 N–H and O–H groups in total. The van der Waals surface area contributed by atoms with E-state index >= 15 is 0 Å². The normalized spacial score (nSPS) is 15.0. The number of hydrogen-bond donors (Lipinski definition) is 1. The third-order valence-electron chi connectivity index (χ3n) is 3.96. The molecular formula is C18H18ClFN2O2S. The van der Waals surface area contributed by atoms with Crippen LogP contribution in [0.3, 0.4) is 0 Å². The van der Waals surface area contributed by atoms with Crippen LogP contribution in [0.15, 0.2) is 47.9 Å². The zero-order valence-electron chi connectivity index (χ0n) is 13.5. The zero-order chi connectivity index (χ0) is 17.9. The number of sulfonamides is 1. The Bertz CT molecular complexity index is 876. The highest BCUT2D eigenvalue weighted by atomic mass is 35.5. The van der Waals surface area contributed by atoms with Gasteiger partial charge in [0.25, 0.3) is 10.0 Å². The van der Waals surface area contributed by atoms with Gasteiger partial charge in [-0.15, -0.1) is 0 Å². The first-order valence-corrected chi connectivity index (χ1v) is 9.86. The molecule has 2 aromatic rings. The first-order valence-electron chi connectivity index (χ1n) is 7.94. The van der Waals surface area contributed by atoms with Gasteiger partial charge < -0.3 is 4.90 Å². The monoisotopic (exact) mass is 380 g/mol. The second-order valence-electron chi connectivity index (χ2n) is 5.86. The van der Waals surface area contributed by atoms with Crippen molar-refractivity contribution in [1.82, 2.24) is 0 Å². The van der Waals surface area contributed by atoms with Gasteiger partial charge in [0.05, 0.1) is 16.8 Å². The van der Waals surface area contributed by atoms with Gasteiger partial charge in [-0.1, -0.05) is 23.7 Å². The number of rotatable bonds is 5. The quantitative estimate of drug-likeness (QED) is 0.831. The summed E-state index contributed by atoms with van der Waals surface area (Å²) in [6, 6.07) is 11.2. The Morgan fingerprint density at radius 2 is 1.76 bits per heavy atom. The highest BCUT2D eigenvalue weighted by Crippen LogP contribution is 2.26. The van der Waals surface area contributed by atoms with Crippen molar-refractivity contribution in [1.29, 1.82) is 0 Å². The first-order chi connectivity index (χ1) is 11.9. The van der Waals surface area contributed by atoms with Gasteiger partial charge in [-0.3, -0.25) is 4.72 Å². The molecule has 1 saturated heterocycles. The molecule has 7 heteroatoms. The lowest BCUT2D eigenvalue weighted by Crippen LogP contribution is -2.19. The highest BCUT2D eigenvalue weighted by molar-refractivity contribution is 7.95. The summed E-state index contributed by atoms with van der Waals surface area (Å²) in [5.74, 6) is -0.427. The lowest BCUT2D eigenvalue weighted by Gasteiger charge is -2.18. The molecule has 0 radical (unpaired) electrons. The molecule has 0 amide bonds. The van der Waals surface area contributed by atoms with E-state index in [-0.39, 0.29) is 5.69 Å². The van der Waals surface area contributed by atoms with Crippen LogP contribution in [0.5, 0.6) is 0 Å². The third-order valence-corrected chi connectivity index (χ3v) is 5.23.